The first-order chi connectivity index (χ1) is 10.6. The van der Waals surface area contributed by atoms with Gasteiger partial charge >= 0.3 is 0 Å². The molecule has 0 heterocycles. The number of halogens is 1. The summed E-state index contributed by atoms with van der Waals surface area (Å²) in [6.07, 6.45) is 10.4. The highest BCUT2D eigenvalue weighted by Crippen LogP contribution is 2.56. The minimum Gasteiger partial charge on any atom is -0.378 e. The topological polar surface area (TPSA) is 55.6 Å². The van der Waals surface area contributed by atoms with Gasteiger partial charge in [-0.1, -0.05) is 19.3 Å². The SMILES string of the molecule is CCOC1CC(N(C)C(=O)C[C@@H]2CCC[C@H]2N)C12CCCC2.Cl. The van der Waals surface area contributed by atoms with Gasteiger partial charge in [-0.2, -0.15) is 0 Å². The van der Waals surface area contributed by atoms with Gasteiger partial charge in [-0.3, -0.25) is 4.79 Å². The Labute approximate surface area is 146 Å². The molecule has 3 saturated carbocycles. The van der Waals surface area contributed by atoms with E-state index >= 15 is 0 Å². The van der Waals surface area contributed by atoms with Gasteiger partial charge in [-0.15, -0.1) is 12.4 Å². The number of hydrogen-bond acceptors (Lipinski definition) is 3. The van der Waals surface area contributed by atoms with E-state index in [1.807, 2.05) is 11.9 Å². The third-order valence-electron chi connectivity index (χ3n) is 6.66. The van der Waals surface area contributed by atoms with Crippen molar-refractivity contribution in [3.05, 3.63) is 0 Å². The highest BCUT2D eigenvalue weighted by atomic mass is 35.5. The third kappa shape index (κ3) is 3.40. The molecule has 3 fully saturated rings. The standard InChI is InChI=1S/C18H32N2O2.ClH/c1-3-22-16-12-15(18(16)9-4-5-10-18)20(2)17(21)11-13-7-6-8-14(13)19;/h13-16H,3-12,19H2,1-2H3;1H/t13-,14+,15?,16?;/m0./s1. The van der Waals surface area contributed by atoms with Crippen molar-refractivity contribution in [1.29, 1.82) is 0 Å². The Kier molecular flexibility index (Phi) is 6.37. The van der Waals surface area contributed by atoms with Gasteiger partial charge in [0.2, 0.25) is 5.91 Å². The van der Waals surface area contributed by atoms with Crippen molar-refractivity contribution in [2.24, 2.45) is 17.1 Å². The number of ether oxygens (including phenoxy) is 1. The predicted molar refractivity (Wildman–Crippen MR) is 94.7 cm³/mol. The van der Waals surface area contributed by atoms with Crippen LogP contribution in [-0.2, 0) is 9.53 Å². The van der Waals surface area contributed by atoms with Crippen LogP contribution in [0.4, 0.5) is 0 Å². The molecule has 3 rings (SSSR count). The van der Waals surface area contributed by atoms with Crippen LogP contribution in [0.2, 0.25) is 0 Å². The molecule has 0 bridgehead atoms. The molecule has 0 saturated heterocycles. The maximum absolute atomic E-state index is 12.7. The molecule has 0 aromatic carbocycles. The minimum atomic E-state index is 0. The second-order valence-corrected chi connectivity index (χ2v) is 7.70. The van der Waals surface area contributed by atoms with Crippen LogP contribution in [0, 0.1) is 11.3 Å². The summed E-state index contributed by atoms with van der Waals surface area (Å²) >= 11 is 0. The van der Waals surface area contributed by atoms with Crippen molar-refractivity contribution in [3.8, 4) is 0 Å². The van der Waals surface area contributed by atoms with Gasteiger partial charge in [-0.05, 0) is 44.9 Å². The quantitative estimate of drug-likeness (QED) is 0.833. The van der Waals surface area contributed by atoms with Crippen LogP contribution < -0.4 is 5.73 Å². The first kappa shape index (κ1) is 19.0. The molecule has 5 heteroatoms. The molecule has 0 radical (unpaired) electrons. The Morgan fingerprint density at radius 3 is 2.52 bits per heavy atom. The highest BCUT2D eigenvalue weighted by molar-refractivity contribution is 5.85. The predicted octanol–water partition coefficient (Wildman–Crippen LogP) is 3.12. The summed E-state index contributed by atoms with van der Waals surface area (Å²) in [7, 11) is 2.01. The van der Waals surface area contributed by atoms with Crippen LogP contribution in [0.5, 0.6) is 0 Å². The molecule has 2 unspecified atom stereocenters. The number of carbonyl (C=O) groups is 1. The van der Waals surface area contributed by atoms with Crippen molar-refractivity contribution in [2.75, 3.05) is 13.7 Å². The molecule has 1 spiro atoms. The molecule has 3 aliphatic rings. The summed E-state index contributed by atoms with van der Waals surface area (Å²) in [5.41, 5.74) is 6.38. The molecular weight excluding hydrogens is 312 g/mol. The first-order valence-electron chi connectivity index (χ1n) is 9.21. The number of nitrogens with two attached hydrogens (primary N) is 1. The molecule has 0 aromatic heterocycles. The molecule has 0 aromatic rings. The Balaban J connectivity index is 0.00000192. The number of rotatable bonds is 5. The van der Waals surface area contributed by atoms with Crippen molar-refractivity contribution in [2.45, 2.75) is 82.9 Å². The lowest BCUT2D eigenvalue weighted by Gasteiger charge is -2.57. The maximum Gasteiger partial charge on any atom is 0.222 e. The van der Waals surface area contributed by atoms with E-state index in [1.165, 1.54) is 32.1 Å². The largest absolute Gasteiger partial charge is 0.378 e. The monoisotopic (exact) mass is 344 g/mol. The molecule has 1 amide bonds. The van der Waals surface area contributed by atoms with Crippen molar-refractivity contribution in [3.63, 3.8) is 0 Å². The second-order valence-electron chi connectivity index (χ2n) is 7.70. The summed E-state index contributed by atoms with van der Waals surface area (Å²) in [5, 5.41) is 0. The van der Waals surface area contributed by atoms with Gasteiger partial charge in [0.15, 0.2) is 0 Å². The van der Waals surface area contributed by atoms with E-state index in [0.29, 0.717) is 30.4 Å². The lowest BCUT2D eigenvalue weighted by Crippen LogP contribution is -2.64. The van der Waals surface area contributed by atoms with Crippen LogP contribution >= 0.6 is 12.4 Å². The number of carbonyl (C=O) groups excluding carboxylic acids is 1. The molecule has 4 atom stereocenters. The van der Waals surface area contributed by atoms with Gasteiger partial charge in [0, 0.05) is 37.6 Å². The lowest BCUT2D eigenvalue weighted by atomic mass is 9.60. The van der Waals surface area contributed by atoms with Crippen molar-refractivity contribution >= 4 is 18.3 Å². The Morgan fingerprint density at radius 2 is 1.96 bits per heavy atom. The van der Waals surface area contributed by atoms with Gasteiger partial charge in [0.25, 0.3) is 0 Å². The van der Waals surface area contributed by atoms with Crippen LogP contribution in [-0.4, -0.2) is 42.6 Å². The number of nitrogens with zero attached hydrogens (tertiary/aromatic N) is 1. The Hall–Kier alpha value is -0.320. The Bertz CT molecular complexity index is 412. The van der Waals surface area contributed by atoms with E-state index in [1.54, 1.807) is 0 Å². The summed E-state index contributed by atoms with van der Waals surface area (Å²) in [6.45, 7) is 2.86. The molecule has 0 aliphatic heterocycles. The number of hydrogen-bond donors (Lipinski definition) is 1. The summed E-state index contributed by atoms with van der Waals surface area (Å²) < 4.78 is 5.97. The molecule has 134 valence electrons. The zero-order valence-electron chi connectivity index (χ0n) is 14.6. The van der Waals surface area contributed by atoms with Crippen LogP contribution in [0.1, 0.15) is 64.7 Å². The van der Waals surface area contributed by atoms with Gasteiger partial charge in [-0.25, -0.2) is 0 Å². The maximum atomic E-state index is 12.7. The normalized spacial score (nSPS) is 34.9. The van der Waals surface area contributed by atoms with Crippen molar-refractivity contribution in [1.82, 2.24) is 4.90 Å². The highest BCUT2D eigenvalue weighted by Gasteiger charge is 2.58. The fourth-order valence-corrected chi connectivity index (χ4v) is 5.25. The van der Waals surface area contributed by atoms with E-state index in [9.17, 15) is 4.79 Å². The summed E-state index contributed by atoms with van der Waals surface area (Å²) in [4.78, 5) is 14.8. The fourth-order valence-electron chi connectivity index (χ4n) is 5.25. The first-order valence-corrected chi connectivity index (χ1v) is 9.21. The van der Waals surface area contributed by atoms with E-state index in [2.05, 4.69) is 6.92 Å². The Morgan fingerprint density at radius 1 is 1.26 bits per heavy atom. The van der Waals surface area contributed by atoms with Gasteiger partial charge in [0.1, 0.15) is 0 Å². The molecule has 2 N–H and O–H groups in total. The van der Waals surface area contributed by atoms with Crippen LogP contribution in [0.25, 0.3) is 0 Å². The molecule has 23 heavy (non-hydrogen) atoms. The van der Waals surface area contributed by atoms with E-state index < -0.39 is 0 Å². The summed E-state index contributed by atoms with van der Waals surface area (Å²) in [5.74, 6) is 0.700. The average Bonchev–Trinajstić information content (AvgIpc) is 3.14. The molecular formula is C18H33ClN2O2. The zero-order chi connectivity index (χ0) is 15.7. The third-order valence-corrected chi connectivity index (χ3v) is 6.66. The summed E-state index contributed by atoms with van der Waals surface area (Å²) in [6, 6.07) is 0.618. The van der Waals surface area contributed by atoms with Crippen molar-refractivity contribution < 1.29 is 9.53 Å². The average molecular weight is 345 g/mol. The molecule has 4 nitrogen and oxygen atoms in total. The minimum absolute atomic E-state index is 0. The van der Waals surface area contributed by atoms with Crippen LogP contribution in [0.15, 0.2) is 0 Å². The molecule has 3 aliphatic carbocycles. The van der Waals surface area contributed by atoms with E-state index in [-0.39, 0.29) is 23.9 Å². The second kappa shape index (κ2) is 7.71. The smallest absolute Gasteiger partial charge is 0.222 e. The van der Waals surface area contributed by atoms with E-state index in [0.717, 1.165) is 25.9 Å². The zero-order valence-corrected chi connectivity index (χ0v) is 15.4. The fraction of sp³-hybridized carbons (Fsp3) is 0.944. The number of amides is 1. The van der Waals surface area contributed by atoms with Gasteiger partial charge < -0.3 is 15.4 Å². The van der Waals surface area contributed by atoms with E-state index in [4.69, 9.17) is 10.5 Å². The lowest BCUT2D eigenvalue weighted by molar-refractivity contribution is -0.173. The van der Waals surface area contributed by atoms with Gasteiger partial charge in [0.05, 0.1) is 6.10 Å². The van der Waals surface area contributed by atoms with Crippen LogP contribution in [0.3, 0.4) is 0 Å².